The van der Waals surface area contributed by atoms with Gasteiger partial charge in [-0.15, -0.1) is 0 Å². The molecule has 0 aliphatic carbocycles. The predicted octanol–water partition coefficient (Wildman–Crippen LogP) is 3.50. The fraction of sp³-hybridized carbons (Fsp3) is 0.278. The van der Waals surface area contributed by atoms with Gasteiger partial charge in [0.25, 0.3) is 5.56 Å². The second kappa shape index (κ2) is 6.58. The van der Waals surface area contributed by atoms with E-state index in [-0.39, 0.29) is 16.7 Å². The van der Waals surface area contributed by atoms with Crippen molar-refractivity contribution in [2.75, 3.05) is 11.9 Å². The molecule has 130 valence electrons. The highest BCUT2D eigenvalue weighted by atomic mass is 19.1. The van der Waals surface area contributed by atoms with E-state index in [0.29, 0.717) is 35.8 Å². The number of benzene rings is 1. The molecule has 0 aliphatic heterocycles. The molecule has 0 bridgehead atoms. The van der Waals surface area contributed by atoms with E-state index in [9.17, 15) is 13.6 Å². The quantitative estimate of drug-likeness (QED) is 0.787. The Bertz CT molecular complexity index is 1010. The molecule has 0 atom stereocenters. The van der Waals surface area contributed by atoms with Crippen LogP contribution in [0.1, 0.15) is 19.5 Å². The minimum absolute atomic E-state index is 0.0608. The second-order valence-corrected chi connectivity index (χ2v) is 5.63. The summed E-state index contributed by atoms with van der Waals surface area (Å²) < 4.78 is 28.9. The van der Waals surface area contributed by atoms with Gasteiger partial charge in [0.2, 0.25) is 5.95 Å². The first kappa shape index (κ1) is 17.0. The molecule has 0 amide bonds. The average Bonchev–Trinajstić information content (AvgIpc) is 2.55. The summed E-state index contributed by atoms with van der Waals surface area (Å²) in [4.78, 5) is 21.6. The van der Waals surface area contributed by atoms with E-state index in [1.54, 1.807) is 13.0 Å². The molecule has 2 heterocycles. The maximum atomic E-state index is 14.2. The summed E-state index contributed by atoms with van der Waals surface area (Å²) in [7, 11) is 0. The Morgan fingerprint density at radius 3 is 2.52 bits per heavy atom. The molecule has 3 aromatic rings. The number of pyridine rings is 1. The lowest BCUT2D eigenvalue weighted by Gasteiger charge is -2.14. The van der Waals surface area contributed by atoms with Gasteiger partial charge < -0.3 is 5.32 Å². The van der Waals surface area contributed by atoms with Gasteiger partial charge in [-0.3, -0.25) is 9.36 Å². The summed E-state index contributed by atoms with van der Waals surface area (Å²) in [5.41, 5.74) is 1.01. The molecule has 5 nitrogen and oxygen atoms in total. The van der Waals surface area contributed by atoms with Crippen LogP contribution in [0.25, 0.3) is 22.2 Å². The Hall–Kier alpha value is -2.83. The summed E-state index contributed by atoms with van der Waals surface area (Å²) in [6, 6.07) is 4.75. The van der Waals surface area contributed by atoms with Gasteiger partial charge in [0.1, 0.15) is 17.3 Å². The van der Waals surface area contributed by atoms with Gasteiger partial charge in [0, 0.05) is 30.1 Å². The van der Waals surface area contributed by atoms with Crippen LogP contribution in [0.5, 0.6) is 0 Å². The smallest absolute Gasteiger partial charge is 0.260 e. The van der Waals surface area contributed by atoms with Crippen LogP contribution in [0.15, 0.2) is 29.1 Å². The number of anilines is 1. The summed E-state index contributed by atoms with van der Waals surface area (Å²) in [6.45, 7) is 6.57. The maximum Gasteiger partial charge on any atom is 0.260 e. The third kappa shape index (κ3) is 2.97. The highest BCUT2D eigenvalue weighted by Crippen LogP contribution is 2.25. The first-order valence-corrected chi connectivity index (χ1v) is 8.07. The number of hydrogen-bond acceptors (Lipinski definition) is 4. The molecule has 0 saturated carbocycles. The average molecular weight is 344 g/mol. The zero-order valence-electron chi connectivity index (χ0n) is 14.2. The fourth-order valence-electron chi connectivity index (χ4n) is 2.82. The van der Waals surface area contributed by atoms with Crippen LogP contribution < -0.4 is 10.9 Å². The van der Waals surface area contributed by atoms with Gasteiger partial charge >= 0.3 is 0 Å². The second-order valence-electron chi connectivity index (χ2n) is 5.63. The Balaban J connectivity index is 2.36. The molecular weight excluding hydrogens is 326 g/mol. The lowest BCUT2D eigenvalue weighted by molar-refractivity contribution is 0.585. The SMILES string of the molecule is CCNc1nc(C)c2cc(-c3ccc(F)cc3F)c(=O)n(CC)c2n1. The highest BCUT2D eigenvalue weighted by molar-refractivity contribution is 5.84. The number of halogens is 2. The molecular formula is C18H18F2N4O. The van der Waals surface area contributed by atoms with Crippen molar-refractivity contribution in [2.45, 2.75) is 27.3 Å². The van der Waals surface area contributed by atoms with Crippen molar-refractivity contribution in [3.05, 3.63) is 51.9 Å². The van der Waals surface area contributed by atoms with Crippen molar-refractivity contribution in [2.24, 2.45) is 0 Å². The number of fused-ring (bicyclic) bond motifs is 1. The lowest BCUT2D eigenvalue weighted by atomic mass is 10.0. The van der Waals surface area contributed by atoms with Crippen LogP contribution in [-0.4, -0.2) is 21.1 Å². The predicted molar refractivity (Wildman–Crippen MR) is 93.7 cm³/mol. The molecule has 25 heavy (non-hydrogen) atoms. The van der Waals surface area contributed by atoms with Crippen molar-refractivity contribution >= 4 is 17.0 Å². The molecule has 1 N–H and O–H groups in total. The molecule has 0 radical (unpaired) electrons. The molecule has 0 unspecified atom stereocenters. The molecule has 3 rings (SSSR count). The number of hydrogen-bond donors (Lipinski definition) is 1. The lowest BCUT2D eigenvalue weighted by Crippen LogP contribution is -2.23. The Labute approximate surface area is 143 Å². The van der Waals surface area contributed by atoms with Crippen molar-refractivity contribution < 1.29 is 8.78 Å². The number of nitrogens with zero attached hydrogens (tertiary/aromatic N) is 3. The number of nitrogens with one attached hydrogen (secondary N) is 1. The molecule has 7 heteroatoms. The number of aryl methyl sites for hydroxylation is 2. The van der Waals surface area contributed by atoms with E-state index in [2.05, 4.69) is 15.3 Å². The van der Waals surface area contributed by atoms with Crippen LogP contribution in [0.2, 0.25) is 0 Å². The van der Waals surface area contributed by atoms with E-state index in [4.69, 9.17) is 0 Å². The van der Waals surface area contributed by atoms with E-state index < -0.39 is 11.6 Å². The molecule has 1 aromatic carbocycles. The zero-order valence-corrected chi connectivity index (χ0v) is 14.2. The van der Waals surface area contributed by atoms with E-state index in [1.165, 1.54) is 10.6 Å². The standard InChI is InChI=1S/C18H18F2N4O/c1-4-21-18-22-10(3)13-9-14(12-7-6-11(19)8-15(12)20)17(25)24(5-2)16(13)23-18/h6-9H,4-5H2,1-3H3,(H,21,22,23). The van der Waals surface area contributed by atoms with Crippen molar-refractivity contribution in [3.8, 4) is 11.1 Å². The van der Waals surface area contributed by atoms with Crippen molar-refractivity contribution in [3.63, 3.8) is 0 Å². The largest absolute Gasteiger partial charge is 0.354 e. The topological polar surface area (TPSA) is 59.8 Å². The van der Waals surface area contributed by atoms with Gasteiger partial charge in [-0.2, -0.15) is 4.98 Å². The Morgan fingerprint density at radius 1 is 1.12 bits per heavy atom. The molecule has 0 aliphatic rings. The minimum atomic E-state index is -0.776. The van der Waals surface area contributed by atoms with E-state index in [1.807, 2.05) is 13.8 Å². The maximum absolute atomic E-state index is 14.2. The Kier molecular flexibility index (Phi) is 4.48. The normalized spacial score (nSPS) is 11.1. The van der Waals surface area contributed by atoms with Gasteiger partial charge in [0.05, 0.1) is 11.3 Å². The van der Waals surface area contributed by atoms with E-state index in [0.717, 1.165) is 12.1 Å². The van der Waals surface area contributed by atoms with Gasteiger partial charge in [-0.1, -0.05) is 0 Å². The summed E-state index contributed by atoms with van der Waals surface area (Å²) in [5, 5.41) is 3.69. The zero-order chi connectivity index (χ0) is 18.1. The summed E-state index contributed by atoms with van der Waals surface area (Å²) >= 11 is 0. The highest BCUT2D eigenvalue weighted by Gasteiger charge is 2.17. The first-order valence-electron chi connectivity index (χ1n) is 8.07. The first-order chi connectivity index (χ1) is 12.0. The number of rotatable bonds is 4. The molecule has 0 fully saturated rings. The minimum Gasteiger partial charge on any atom is -0.354 e. The monoisotopic (exact) mass is 344 g/mol. The van der Waals surface area contributed by atoms with Crippen molar-refractivity contribution in [1.82, 2.24) is 14.5 Å². The summed E-state index contributed by atoms with van der Waals surface area (Å²) in [6.07, 6.45) is 0. The van der Waals surface area contributed by atoms with Gasteiger partial charge in [-0.25, -0.2) is 13.8 Å². The Morgan fingerprint density at radius 2 is 1.88 bits per heavy atom. The van der Waals surface area contributed by atoms with Gasteiger partial charge in [0.15, 0.2) is 0 Å². The van der Waals surface area contributed by atoms with Crippen LogP contribution in [0.4, 0.5) is 14.7 Å². The van der Waals surface area contributed by atoms with Crippen LogP contribution in [0, 0.1) is 18.6 Å². The number of aromatic nitrogens is 3. The third-order valence-corrected chi connectivity index (χ3v) is 4.01. The summed E-state index contributed by atoms with van der Waals surface area (Å²) in [5.74, 6) is -1.02. The van der Waals surface area contributed by atoms with Gasteiger partial charge in [-0.05, 0) is 39.0 Å². The van der Waals surface area contributed by atoms with Crippen LogP contribution in [-0.2, 0) is 6.54 Å². The van der Waals surface area contributed by atoms with Crippen molar-refractivity contribution in [1.29, 1.82) is 0 Å². The van der Waals surface area contributed by atoms with E-state index >= 15 is 0 Å². The van der Waals surface area contributed by atoms with Crippen LogP contribution >= 0.6 is 0 Å². The van der Waals surface area contributed by atoms with Crippen LogP contribution in [0.3, 0.4) is 0 Å². The molecule has 2 aromatic heterocycles. The molecule has 0 spiro atoms. The fourth-order valence-corrected chi connectivity index (χ4v) is 2.82. The third-order valence-electron chi connectivity index (χ3n) is 4.01. The molecule has 0 saturated heterocycles.